The van der Waals surface area contributed by atoms with Crippen LogP contribution < -0.4 is 10.6 Å². The van der Waals surface area contributed by atoms with Crippen molar-refractivity contribution in [2.75, 3.05) is 13.1 Å². The maximum absolute atomic E-state index is 12.6. The molecule has 1 aliphatic rings. The summed E-state index contributed by atoms with van der Waals surface area (Å²) in [6, 6.07) is 13.5. The minimum Gasteiger partial charge on any atom is -0.353 e. The van der Waals surface area contributed by atoms with Crippen molar-refractivity contribution in [3.8, 4) is 11.3 Å². The summed E-state index contributed by atoms with van der Waals surface area (Å²) in [7, 11) is 0. The number of nitrogens with zero attached hydrogens (tertiary/aromatic N) is 2. The van der Waals surface area contributed by atoms with Gasteiger partial charge in [-0.05, 0) is 17.0 Å². The number of aromatic amines is 1. The highest BCUT2D eigenvalue weighted by Gasteiger charge is 2.31. The highest BCUT2D eigenvalue weighted by molar-refractivity contribution is 7.09. The second kappa shape index (κ2) is 9.02. The third kappa shape index (κ3) is 4.72. The topological polar surface area (TPSA) is 90.1 Å². The van der Waals surface area contributed by atoms with Crippen molar-refractivity contribution in [1.82, 2.24) is 25.7 Å². The molecule has 0 spiro atoms. The Balaban J connectivity index is 1.37. The molecule has 1 saturated heterocycles. The second-order valence-corrected chi connectivity index (χ2v) is 8.01. The van der Waals surface area contributed by atoms with E-state index in [0.717, 1.165) is 23.4 Å². The van der Waals surface area contributed by atoms with Gasteiger partial charge in [0.1, 0.15) is 0 Å². The molecule has 3 N–H and O–H groups in total. The fourth-order valence-electron chi connectivity index (χ4n) is 3.52. The van der Waals surface area contributed by atoms with Gasteiger partial charge >= 0.3 is 0 Å². The molecular formula is C21H23N5O2S. The molecule has 2 aromatic heterocycles. The molecule has 8 heteroatoms. The number of hydrogen-bond acceptors (Lipinski definition) is 5. The highest BCUT2D eigenvalue weighted by Crippen LogP contribution is 2.21. The van der Waals surface area contributed by atoms with Gasteiger partial charge in [0.15, 0.2) is 0 Å². The fraction of sp³-hybridized carbons (Fsp3) is 0.286. The Morgan fingerprint density at radius 3 is 2.90 bits per heavy atom. The van der Waals surface area contributed by atoms with Gasteiger partial charge in [0.05, 0.1) is 24.4 Å². The third-order valence-electron chi connectivity index (χ3n) is 5.02. The molecule has 1 aromatic carbocycles. The Hall–Kier alpha value is -2.97. The van der Waals surface area contributed by atoms with Crippen molar-refractivity contribution >= 4 is 23.2 Å². The van der Waals surface area contributed by atoms with E-state index in [0.29, 0.717) is 19.6 Å². The minimum absolute atomic E-state index is 0.0868. The number of aromatic nitrogens is 2. The van der Waals surface area contributed by atoms with Crippen LogP contribution in [0.5, 0.6) is 0 Å². The summed E-state index contributed by atoms with van der Waals surface area (Å²) in [5.41, 5.74) is 2.82. The van der Waals surface area contributed by atoms with Crippen LogP contribution in [0.4, 0.5) is 0 Å². The number of benzene rings is 1. The van der Waals surface area contributed by atoms with Gasteiger partial charge in [0.25, 0.3) is 0 Å². The number of carbonyl (C=O) groups excluding carboxylic acids is 2. The molecule has 1 unspecified atom stereocenters. The summed E-state index contributed by atoms with van der Waals surface area (Å²) < 4.78 is 0. The van der Waals surface area contributed by atoms with Gasteiger partial charge < -0.3 is 10.6 Å². The second-order valence-electron chi connectivity index (χ2n) is 6.97. The van der Waals surface area contributed by atoms with Crippen LogP contribution in [-0.2, 0) is 22.7 Å². The van der Waals surface area contributed by atoms with Crippen molar-refractivity contribution in [2.24, 2.45) is 0 Å². The molecule has 3 heterocycles. The van der Waals surface area contributed by atoms with Gasteiger partial charge in [-0.1, -0.05) is 36.4 Å². The van der Waals surface area contributed by atoms with Crippen molar-refractivity contribution in [3.05, 3.63) is 64.5 Å². The zero-order chi connectivity index (χ0) is 20.1. The maximum atomic E-state index is 12.6. The number of H-pyrrole nitrogens is 1. The molecule has 3 aromatic rings. The van der Waals surface area contributed by atoms with E-state index in [4.69, 9.17) is 0 Å². The first kappa shape index (κ1) is 19.4. The van der Waals surface area contributed by atoms with Crippen LogP contribution in [0.1, 0.15) is 16.9 Å². The lowest BCUT2D eigenvalue weighted by Crippen LogP contribution is -2.56. The van der Waals surface area contributed by atoms with Crippen molar-refractivity contribution in [2.45, 2.75) is 25.6 Å². The van der Waals surface area contributed by atoms with E-state index in [1.165, 1.54) is 4.88 Å². The molecule has 0 bridgehead atoms. The SMILES string of the molecule is O=C(CC1C(=O)NCCN1Cc1cccs1)NCc1cn[nH]c1-c1ccccc1. The molecule has 150 valence electrons. The lowest BCUT2D eigenvalue weighted by atomic mass is 10.1. The van der Waals surface area contributed by atoms with E-state index < -0.39 is 6.04 Å². The highest BCUT2D eigenvalue weighted by atomic mass is 32.1. The van der Waals surface area contributed by atoms with E-state index in [1.54, 1.807) is 17.5 Å². The molecule has 1 aliphatic heterocycles. The van der Waals surface area contributed by atoms with Gasteiger partial charge in [-0.15, -0.1) is 11.3 Å². The van der Waals surface area contributed by atoms with Crippen molar-refractivity contribution in [1.29, 1.82) is 0 Å². The average Bonchev–Trinajstić information content (AvgIpc) is 3.41. The standard InChI is InChI=1S/C21H23N5O2S/c27-19(23-12-16-13-24-25-20(16)15-5-2-1-3-6-15)11-18-21(28)22-8-9-26(18)14-17-7-4-10-29-17/h1-7,10,13,18H,8-9,11-12,14H2,(H,22,28)(H,23,27)(H,24,25). The van der Waals surface area contributed by atoms with Crippen molar-refractivity contribution in [3.63, 3.8) is 0 Å². The van der Waals surface area contributed by atoms with Crippen LogP contribution in [0.15, 0.2) is 54.0 Å². The third-order valence-corrected chi connectivity index (χ3v) is 5.88. The predicted octanol–water partition coefficient (Wildman–Crippen LogP) is 2.15. The smallest absolute Gasteiger partial charge is 0.237 e. The van der Waals surface area contributed by atoms with Crippen LogP contribution in [0.25, 0.3) is 11.3 Å². The first-order valence-electron chi connectivity index (χ1n) is 9.59. The summed E-state index contributed by atoms with van der Waals surface area (Å²) in [6.45, 7) is 2.39. The van der Waals surface area contributed by atoms with E-state index in [2.05, 4.69) is 31.8 Å². The number of amides is 2. The molecule has 4 rings (SSSR count). The van der Waals surface area contributed by atoms with Crippen LogP contribution in [-0.4, -0.2) is 46.0 Å². The van der Waals surface area contributed by atoms with E-state index in [9.17, 15) is 9.59 Å². The Labute approximate surface area is 173 Å². The van der Waals surface area contributed by atoms with E-state index >= 15 is 0 Å². The molecule has 0 aliphatic carbocycles. The number of thiophene rings is 1. The van der Waals surface area contributed by atoms with E-state index in [1.807, 2.05) is 41.8 Å². The van der Waals surface area contributed by atoms with Gasteiger partial charge in [-0.3, -0.25) is 19.6 Å². The Kier molecular flexibility index (Phi) is 6.02. The molecule has 1 fully saturated rings. The first-order chi connectivity index (χ1) is 14.2. The van der Waals surface area contributed by atoms with Gasteiger partial charge in [-0.2, -0.15) is 5.10 Å². The normalized spacial score (nSPS) is 17.1. The number of piperazine rings is 1. The van der Waals surface area contributed by atoms with Crippen LogP contribution in [0.2, 0.25) is 0 Å². The Morgan fingerprint density at radius 2 is 2.10 bits per heavy atom. The van der Waals surface area contributed by atoms with Crippen molar-refractivity contribution < 1.29 is 9.59 Å². The van der Waals surface area contributed by atoms with Crippen LogP contribution in [0, 0.1) is 0 Å². The average molecular weight is 410 g/mol. The molecule has 7 nitrogen and oxygen atoms in total. The summed E-state index contributed by atoms with van der Waals surface area (Å²) in [5.74, 6) is -0.236. The molecular weight excluding hydrogens is 386 g/mol. The number of rotatable bonds is 7. The van der Waals surface area contributed by atoms with Gasteiger partial charge in [-0.25, -0.2) is 0 Å². The largest absolute Gasteiger partial charge is 0.353 e. The minimum atomic E-state index is -0.455. The van der Waals surface area contributed by atoms with Crippen LogP contribution in [0.3, 0.4) is 0 Å². The predicted molar refractivity (Wildman–Crippen MR) is 112 cm³/mol. The number of carbonyl (C=O) groups is 2. The molecule has 2 amide bonds. The number of nitrogens with one attached hydrogen (secondary N) is 3. The summed E-state index contributed by atoms with van der Waals surface area (Å²) in [6.07, 6.45) is 1.86. The van der Waals surface area contributed by atoms with E-state index in [-0.39, 0.29) is 18.2 Å². The molecule has 29 heavy (non-hydrogen) atoms. The summed E-state index contributed by atoms with van der Waals surface area (Å²) >= 11 is 1.66. The fourth-order valence-corrected chi connectivity index (χ4v) is 4.25. The lowest BCUT2D eigenvalue weighted by Gasteiger charge is -2.34. The maximum Gasteiger partial charge on any atom is 0.237 e. The molecule has 0 radical (unpaired) electrons. The quantitative estimate of drug-likeness (QED) is 0.558. The zero-order valence-electron chi connectivity index (χ0n) is 15.9. The summed E-state index contributed by atoms with van der Waals surface area (Å²) in [4.78, 5) is 28.3. The first-order valence-corrected chi connectivity index (χ1v) is 10.5. The lowest BCUT2D eigenvalue weighted by molar-refractivity contribution is -0.134. The Morgan fingerprint density at radius 1 is 1.24 bits per heavy atom. The summed E-state index contributed by atoms with van der Waals surface area (Å²) in [5, 5.41) is 14.9. The molecule has 1 atom stereocenters. The Bertz CT molecular complexity index is 955. The van der Waals surface area contributed by atoms with Crippen LogP contribution >= 0.6 is 11.3 Å². The number of hydrogen-bond donors (Lipinski definition) is 3. The van der Waals surface area contributed by atoms with Gasteiger partial charge in [0, 0.05) is 36.6 Å². The monoisotopic (exact) mass is 409 g/mol. The van der Waals surface area contributed by atoms with Gasteiger partial charge in [0.2, 0.25) is 11.8 Å². The molecule has 0 saturated carbocycles. The zero-order valence-corrected chi connectivity index (χ0v) is 16.7.